The number of benzene rings is 2. The molecule has 0 aliphatic rings. The van der Waals surface area contributed by atoms with Crippen LogP contribution < -0.4 is 10.1 Å². The number of aliphatic hydroxyl groups is 1. The Kier molecular flexibility index (Phi) is 6.65. The molecule has 6 nitrogen and oxygen atoms in total. The lowest BCUT2D eigenvalue weighted by Gasteiger charge is -2.15. The Morgan fingerprint density at radius 3 is 2.52 bits per heavy atom. The molecule has 0 fully saturated rings. The minimum Gasteiger partial charge on any atom is -0.491 e. The summed E-state index contributed by atoms with van der Waals surface area (Å²) < 4.78 is 47.2. The molecular weight excluding hydrogens is 411 g/mol. The van der Waals surface area contributed by atoms with Crippen LogP contribution in [0.15, 0.2) is 54.7 Å². The second-order valence-corrected chi connectivity index (χ2v) is 7.14. The summed E-state index contributed by atoms with van der Waals surface area (Å²) in [7, 11) is 0. The van der Waals surface area contributed by atoms with Crippen LogP contribution in [0.5, 0.6) is 5.75 Å². The maximum Gasteiger partial charge on any atom is 0.434 e. The topological polar surface area (TPSA) is 76.4 Å². The number of hydrogen-bond acceptors (Lipinski definition) is 4. The molecule has 0 aliphatic carbocycles. The van der Waals surface area contributed by atoms with E-state index in [1.54, 1.807) is 30.3 Å². The molecule has 1 heterocycles. The van der Waals surface area contributed by atoms with Gasteiger partial charge in [0, 0.05) is 6.54 Å². The zero-order chi connectivity index (χ0) is 22.6. The Morgan fingerprint density at radius 2 is 1.87 bits per heavy atom. The van der Waals surface area contributed by atoms with Crippen molar-refractivity contribution in [2.45, 2.75) is 26.1 Å². The standard InChI is InChI=1S/C22H22F3N3O3/c1-14-6-8-16(9-7-14)28-20(22(23,24)25)19(12-27-28)21(30)26-11-17(29)13-31-18-5-3-4-15(2)10-18/h3-10,12,17,29H,11,13H2,1-2H3,(H,26,30). The van der Waals surface area contributed by atoms with Crippen molar-refractivity contribution in [3.05, 3.63) is 77.1 Å². The normalized spacial score (nSPS) is 12.5. The number of ether oxygens (including phenoxy) is 1. The second-order valence-electron chi connectivity index (χ2n) is 7.14. The first-order valence-corrected chi connectivity index (χ1v) is 9.53. The quantitative estimate of drug-likeness (QED) is 0.596. The van der Waals surface area contributed by atoms with Gasteiger partial charge in [-0.1, -0.05) is 29.8 Å². The summed E-state index contributed by atoms with van der Waals surface area (Å²) in [4.78, 5) is 12.4. The van der Waals surface area contributed by atoms with Gasteiger partial charge in [-0.25, -0.2) is 4.68 Å². The number of aliphatic hydroxyl groups excluding tert-OH is 1. The lowest BCUT2D eigenvalue weighted by Crippen LogP contribution is -2.36. The Balaban J connectivity index is 1.69. The monoisotopic (exact) mass is 433 g/mol. The number of carbonyl (C=O) groups is 1. The SMILES string of the molecule is Cc1ccc(-n2ncc(C(=O)NCC(O)COc3cccc(C)c3)c2C(F)(F)F)cc1. The first-order valence-electron chi connectivity index (χ1n) is 9.53. The number of aromatic nitrogens is 2. The van der Waals surface area contributed by atoms with Gasteiger partial charge in [0.1, 0.15) is 18.5 Å². The van der Waals surface area contributed by atoms with Crippen molar-refractivity contribution in [3.8, 4) is 11.4 Å². The van der Waals surface area contributed by atoms with Gasteiger partial charge in [-0.3, -0.25) is 4.79 Å². The maximum atomic E-state index is 13.7. The summed E-state index contributed by atoms with van der Waals surface area (Å²) in [6.07, 6.45) is -5.04. The van der Waals surface area contributed by atoms with E-state index < -0.39 is 29.4 Å². The molecule has 1 atom stereocenters. The van der Waals surface area contributed by atoms with Crippen molar-refractivity contribution in [2.24, 2.45) is 0 Å². The van der Waals surface area contributed by atoms with E-state index in [1.165, 1.54) is 12.1 Å². The first kappa shape index (κ1) is 22.4. The molecular formula is C22H22F3N3O3. The van der Waals surface area contributed by atoms with Gasteiger partial charge in [0.25, 0.3) is 5.91 Å². The van der Waals surface area contributed by atoms with Crippen LogP contribution in [0.4, 0.5) is 13.2 Å². The minimum absolute atomic E-state index is 0.126. The number of carbonyl (C=O) groups excluding carboxylic acids is 1. The van der Waals surface area contributed by atoms with Gasteiger partial charge in [0.05, 0.1) is 17.4 Å². The fourth-order valence-electron chi connectivity index (χ4n) is 2.93. The predicted molar refractivity (Wildman–Crippen MR) is 108 cm³/mol. The Morgan fingerprint density at radius 1 is 1.16 bits per heavy atom. The third-order valence-electron chi connectivity index (χ3n) is 4.49. The molecule has 0 saturated carbocycles. The van der Waals surface area contributed by atoms with E-state index in [0.29, 0.717) is 10.4 Å². The molecule has 0 bridgehead atoms. The molecule has 0 radical (unpaired) electrons. The van der Waals surface area contributed by atoms with Gasteiger partial charge >= 0.3 is 6.18 Å². The average molecular weight is 433 g/mol. The van der Waals surface area contributed by atoms with Crippen molar-refractivity contribution in [3.63, 3.8) is 0 Å². The highest BCUT2D eigenvalue weighted by molar-refractivity contribution is 5.95. The summed E-state index contributed by atoms with van der Waals surface area (Å²) >= 11 is 0. The molecule has 31 heavy (non-hydrogen) atoms. The van der Waals surface area contributed by atoms with E-state index in [0.717, 1.165) is 17.3 Å². The van der Waals surface area contributed by atoms with Crippen LogP contribution in [0.3, 0.4) is 0 Å². The van der Waals surface area contributed by atoms with E-state index >= 15 is 0 Å². The van der Waals surface area contributed by atoms with Crippen molar-refractivity contribution in [1.29, 1.82) is 0 Å². The second kappa shape index (κ2) is 9.22. The van der Waals surface area contributed by atoms with E-state index in [1.807, 2.05) is 19.9 Å². The van der Waals surface area contributed by atoms with E-state index in [-0.39, 0.29) is 18.8 Å². The molecule has 3 rings (SSSR count). The highest BCUT2D eigenvalue weighted by Gasteiger charge is 2.40. The third-order valence-corrected chi connectivity index (χ3v) is 4.49. The molecule has 1 aromatic heterocycles. The fourth-order valence-corrected chi connectivity index (χ4v) is 2.93. The van der Waals surface area contributed by atoms with Crippen molar-refractivity contribution < 1.29 is 27.8 Å². The van der Waals surface area contributed by atoms with Crippen LogP contribution in [-0.4, -0.2) is 40.0 Å². The zero-order valence-corrected chi connectivity index (χ0v) is 17.0. The van der Waals surface area contributed by atoms with Crippen LogP contribution in [0, 0.1) is 13.8 Å². The first-order chi connectivity index (χ1) is 14.6. The molecule has 164 valence electrons. The Bertz CT molecular complexity index is 1050. The Labute approximate surface area is 177 Å². The number of nitrogens with one attached hydrogen (secondary N) is 1. The van der Waals surface area contributed by atoms with Crippen LogP contribution >= 0.6 is 0 Å². The van der Waals surface area contributed by atoms with Gasteiger partial charge in [0.2, 0.25) is 0 Å². The van der Waals surface area contributed by atoms with Gasteiger partial charge in [0.15, 0.2) is 5.69 Å². The highest BCUT2D eigenvalue weighted by Crippen LogP contribution is 2.33. The van der Waals surface area contributed by atoms with Crippen LogP contribution in [0.2, 0.25) is 0 Å². The van der Waals surface area contributed by atoms with Crippen LogP contribution in [0.1, 0.15) is 27.2 Å². The molecule has 9 heteroatoms. The lowest BCUT2D eigenvalue weighted by atomic mass is 10.2. The molecule has 2 aromatic carbocycles. The van der Waals surface area contributed by atoms with Crippen LogP contribution in [0.25, 0.3) is 5.69 Å². The summed E-state index contributed by atoms with van der Waals surface area (Å²) in [5.41, 5.74) is 0.234. The molecule has 2 N–H and O–H groups in total. The van der Waals surface area contributed by atoms with Gasteiger partial charge in [-0.05, 0) is 43.7 Å². The largest absolute Gasteiger partial charge is 0.491 e. The third kappa shape index (κ3) is 5.64. The van der Waals surface area contributed by atoms with Crippen molar-refractivity contribution >= 4 is 5.91 Å². The number of halogens is 3. The van der Waals surface area contributed by atoms with Gasteiger partial charge in [-0.2, -0.15) is 18.3 Å². The molecule has 0 saturated heterocycles. The number of aryl methyl sites for hydroxylation is 2. The zero-order valence-electron chi connectivity index (χ0n) is 17.0. The summed E-state index contributed by atoms with van der Waals surface area (Å²) in [6, 6.07) is 13.5. The number of hydrogen-bond donors (Lipinski definition) is 2. The Hall–Kier alpha value is -3.33. The highest BCUT2D eigenvalue weighted by atomic mass is 19.4. The molecule has 3 aromatic rings. The molecule has 0 aliphatic heterocycles. The summed E-state index contributed by atoms with van der Waals surface area (Å²) in [5, 5.41) is 16.1. The lowest BCUT2D eigenvalue weighted by molar-refractivity contribution is -0.143. The summed E-state index contributed by atoms with van der Waals surface area (Å²) in [6.45, 7) is 3.29. The number of rotatable bonds is 7. The molecule has 0 spiro atoms. The van der Waals surface area contributed by atoms with Crippen molar-refractivity contribution in [2.75, 3.05) is 13.2 Å². The number of alkyl halides is 3. The summed E-state index contributed by atoms with van der Waals surface area (Å²) in [5.74, 6) is -0.440. The maximum absolute atomic E-state index is 13.7. The number of amides is 1. The van der Waals surface area contributed by atoms with E-state index in [9.17, 15) is 23.1 Å². The smallest absolute Gasteiger partial charge is 0.434 e. The molecule has 1 amide bonds. The fraction of sp³-hybridized carbons (Fsp3) is 0.273. The van der Waals surface area contributed by atoms with Crippen molar-refractivity contribution in [1.82, 2.24) is 15.1 Å². The minimum atomic E-state index is -4.80. The molecule has 1 unspecified atom stereocenters. The average Bonchev–Trinajstić information content (AvgIpc) is 3.17. The predicted octanol–water partition coefficient (Wildman–Crippen LogP) is 3.68. The van der Waals surface area contributed by atoms with Gasteiger partial charge < -0.3 is 15.2 Å². The van der Waals surface area contributed by atoms with Crippen LogP contribution in [-0.2, 0) is 6.18 Å². The number of nitrogens with zero attached hydrogens (tertiary/aromatic N) is 2. The van der Waals surface area contributed by atoms with Gasteiger partial charge in [-0.15, -0.1) is 0 Å². The van der Waals surface area contributed by atoms with E-state index in [4.69, 9.17) is 4.74 Å². The van der Waals surface area contributed by atoms with E-state index in [2.05, 4.69) is 10.4 Å².